The molecular formula is C46H54O7. The van der Waals surface area contributed by atoms with E-state index in [1.165, 1.54) is 31.9 Å². The maximum absolute atomic E-state index is 12.1. The van der Waals surface area contributed by atoms with Gasteiger partial charge >= 0.3 is 11.9 Å². The van der Waals surface area contributed by atoms with Crippen molar-refractivity contribution in [2.24, 2.45) is 0 Å². The Morgan fingerprint density at radius 2 is 0.717 bits per heavy atom. The second-order valence-electron chi connectivity index (χ2n) is 13.0. The van der Waals surface area contributed by atoms with Crippen LogP contribution in [0, 0.1) is 0 Å². The van der Waals surface area contributed by atoms with Crippen LogP contribution in [0.15, 0.2) is 127 Å². The van der Waals surface area contributed by atoms with Crippen LogP contribution in [0.4, 0.5) is 0 Å². The molecule has 0 saturated carbocycles. The summed E-state index contributed by atoms with van der Waals surface area (Å²) in [6.07, 6.45) is 0. The van der Waals surface area contributed by atoms with E-state index >= 15 is 0 Å². The highest BCUT2D eigenvalue weighted by Gasteiger charge is 2.24. The maximum Gasteiger partial charge on any atom is 0.343 e. The van der Waals surface area contributed by atoms with Gasteiger partial charge in [0.2, 0.25) is 0 Å². The molecule has 0 bridgehead atoms. The summed E-state index contributed by atoms with van der Waals surface area (Å²) in [5.74, 6) is 2.29. The maximum atomic E-state index is 12.1. The predicted molar refractivity (Wildman–Crippen MR) is 214 cm³/mol. The van der Waals surface area contributed by atoms with Gasteiger partial charge in [-0.1, -0.05) is 108 Å². The van der Waals surface area contributed by atoms with Crippen LogP contribution in [-0.4, -0.2) is 31.9 Å². The number of benzene rings is 5. The molecule has 0 saturated heterocycles. The van der Waals surface area contributed by atoms with E-state index in [1.807, 2.05) is 105 Å². The molecule has 7 heteroatoms. The van der Waals surface area contributed by atoms with Crippen LogP contribution in [0.25, 0.3) is 0 Å². The van der Waals surface area contributed by atoms with Gasteiger partial charge in [0.15, 0.2) is 0 Å². The van der Waals surface area contributed by atoms with Gasteiger partial charge in [0.1, 0.15) is 28.8 Å². The average molecular weight is 719 g/mol. The molecule has 0 N–H and O–H groups in total. The van der Waals surface area contributed by atoms with E-state index in [2.05, 4.69) is 52.0 Å². The number of esters is 2. The average Bonchev–Trinajstić information content (AvgIpc) is 3.16. The van der Waals surface area contributed by atoms with Gasteiger partial charge in [-0.3, -0.25) is 4.79 Å². The number of ketones is 1. The third-order valence-corrected chi connectivity index (χ3v) is 8.26. The Morgan fingerprint density at radius 1 is 0.434 bits per heavy atom. The first-order valence-electron chi connectivity index (χ1n) is 17.6. The fraction of sp³-hybridized carbons (Fsp3) is 0.283. The van der Waals surface area contributed by atoms with Gasteiger partial charge in [-0.2, -0.15) is 0 Å². The minimum absolute atomic E-state index is 0.138. The van der Waals surface area contributed by atoms with E-state index in [1.54, 1.807) is 26.4 Å². The SMILES string of the molecule is CC.CC(C)=O.COc1ccc(C(C)(C)c2ccc(OC(=O)c3ccccc3)cc2)cc1.COc1ccc(C(C)(C)c2ccc(OC(C)=O)cc2)cc1. The largest absolute Gasteiger partial charge is 0.497 e. The van der Waals surface area contributed by atoms with E-state index in [4.69, 9.17) is 18.9 Å². The first-order chi connectivity index (χ1) is 25.2. The molecule has 5 aromatic rings. The fourth-order valence-electron chi connectivity index (χ4n) is 5.13. The molecule has 0 unspecified atom stereocenters. The Hall–Kier alpha value is -5.69. The lowest BCUT2D eigenvalue weighted by atomic mass is 9.78. The monoisotopic (exact) mass is 718 g/mol. The highest BCUT2D eigenvalue weighted by Crippen LogP contribution is 2.34. The third-order valence-electron chi connectivity index (χ3n) is 8.26. The summed E-state index contributed by atoms with van der Waals surface area (Å²) in [7, 11) is 3.32. The van der Waals surface area contributed by atoms with E-state index in [0.29, 0.717) is 17.1 Å². The van der Waals surface area contributed by atoms with E-state index < -0.39 is 0 Å². The van der Waals surface area contributed by atoms with Crippen LogP contribution in [0.3, 0.4) is 0 Å². The summed E-state index contributed by atoms with van der Waals surface area (Å²) in [6.45, 7) is 17.1. The molecule has 0 amide bonds. The summed E-state index contributed by atoms with van der Waals surface area (Å²) in [6, 6.07) is 40.4. The van der Waals surface area contributed by atoms with Crippen LogP contribution in [0.5, 0.6) is 23.0 Å². The zero-order chi connectivity index (χ0) is 39.6. The van der Waals surface area contributed by atoms with Crippen molar-refractivity contribution in [3.05, 3.63) is 155 Å². The normalized spacial score (nSPS) is 10.4. The molecule has 0 radical (unpaired) electrons. The zero-order valence-electron chi connectivity index (χ0n) is 33.0. The summed E-state index contributed by atoms with van der Waals surface area (Å²) in [4.78, 5) is 32.5. The molecule has 0 aliphatic heterocycles. The third kappa shape index (κ3) is 13.4. The number of carbonyl (C=O) groups excluding carboxylic acids is 3. The molecule has 0 aromatic heterocycles. The van der Waals surface area contributed by atoms with Gasteiger partial charge in [0, 0.05) is 17.8 Å². The van der Waals surface area contributed by atoms with Crippen molar-refractivity contribution in [3.63, 3.8) is 0 Å². The van der Waals surface area contributed by atoms with Gasteiger partial charge in [-0.25, -0.2) is 4.79 Å². The number of rotatable bonds is 9. The lowest BCUT2D eigenvalue weighted by molar-refractivity contribution is -0.131. The van der Waals surface area contributed by atoms with Crippen molar-refractivity contribution in [2.45, 2.75) is 73.1 Å². The molecule has 0 spiro atoms. The Morgan fingerprint density at radius 3 is 1.00 bits per heavy atom. The highest BCUT2D eigenvalue weighted by atomic mass is 16.5. The Bertz CT molecular complexity index is 1840. The number of ether oxygens (including phenoxy) is 4. The minimum Gasteiger partial charge on any atom is -0.497 e. The molecule has 7 nitrogen and oxygen atoms in total. The topological polar surface area (TPSA) is 88.1 Å². The van der Waals surface area contributed by atoms with Crippen LogP contribution in [0.2, 0.25) is 0 Å². The number of carbonyl (C=O) groups is 3. The van der Waals surface area contributed by atoms with Crippen molar-refractivity contribution in [1.82, 2.24) is 0 Å². The van der Waals surface area contributed by atoms with Gasteiger partial charge in [-0.15, -0.1) is 0 Å². The van der Waals surface area contributed by atoms with E-state index in [-0.39, 0.29) is 28.6 Å². The second kappa shape index (κ2) is 21.0. The first-order valence-corrected chi connectivity index (χ1v) is 17.6. The molecule has 5 aromatic carbocycles. The van der Waals surface area contributed by atoms with Crippen LogP contribution in [0.1, 0.15) is 94.9 Å². The quantitative estimate of drug-likeness (QED) is 0.111. The molecule has 5 rings (SSSR count). The van der Waals surface area contributed by atoms with Gasteiger partial charge in [0.05, 0.1) is 19.8 Å². The lowest BCUT2D eigenvalue weighted by Gasteiger charge is -2.26. The predicted octanol–water partition coefficient (Wildman–Crippen LogP) is 10.8. The van der Waals surface area contributed by atoms with E-state index in [0.717, 1.165) is 22.6 Å². The number of hydrogen-bond acceptors (Lipinski definition) is 7. The van der Waals surface area contributed by atoms with Crippen molar-refractivity contribution in [1.29, 1.82) is 0 Å². The van der Waals surface area contributed by atoms with Crippen LogP contribution in [-0.2, 0) is 20.4 Å². The molecule has 0 fully saturated rings. The van der Waals surface area contributed by atoms with E-state index in [9.17, 15) is 14.4 Å². The number of Topliss-reactive ketones (excluding diaryl/α,β-unsaturated/α-hetero) is 1. The number of hydrogen-bond donors (Lipinski definition) is 0. The molecule has 0 heterocycles. The molecule has 53 heavy (non-hydrogen) atoms. The summed E-state index contributed by atoms with van der Waals surface area (Å²) >= 11 is 0. The van der Waals surface area contributed by atoms with Crippen molar-refractivity contribution in [2.75, 3.05) is 14.2 Å². The molecule has 0 aliphatic rings. The fourth-order valence-corrected chi connectivity index (χ4v) is 5.13. The van der Waals surface area contributed by atoms with Crippen LogP contribution >= 0.6 is 0 Å². The smallest absolute Gasteiger partial charge is 0.343 e. The molecule has 280 valence electrons. The van der Waals surface area contributed by atoms with Crippen LogP contribution < -0.4 is 18.9 Å². The van der Waals surface area contributed by atoms with Crippen molar-refractivity contribution in [3.8, 4) is 23.0 Å². The molecule has 0 atom stereocenters. The van der Waals surface area contributed by atoms with Gasteiger partial charge in [0.25, 0.3) is 0 Å². The van der Waals surface area contributed by atoms with Gasteiger partial charge in [-0.05, 0) is 96.8 Å². The summed E-state index contributed by atoms with van der Waals surface area (Å²) < 4.78 is 20.9. The summed E-state index contributed by atoms with van der Waals surface area (Å²) in [5.41, 5.74) is 4.91. The van der Waals surface area contributed by atoms with Crippen molar-refractivity contribution >= 4 is 17.7 Å². The Balaban J connectivity index is 0.000000325. The Labute approximate surface area is 315 Å². The molecular weight excluding hydrogens is 664 g/mol. The lowest BCUT2D eigenvalue weighted by Crippen LogP contribution is -2.18. The second-order valence-corrected chi connectivity index (χ2v) is 13.0. The van der Waals surface area contributed by atoms with Gasteiger partial charge < -0.3 is 23.7 Å². The molecule has 0 aliphatic carbocycles. The summed E-state index contributed by atoms with van der Waals surface area (Å²) in [5, 5.41) is 0. The standard InChI is InChI=1S/C23H22O3.C18H20O3.C3H6O.C2H6/c1-23(2,18-9-13-20(25-3)14-10-18)19-11-15-21(16-12-19)26-22(24)17-7-5-4-6-8-17;1-13(19)21-17-11-7-15(8-12-17)18(2,3)14-5-9-16(20-4)10-6-14;1-3(2)4;1-2/h4-16H,1-3H3;5-12H,1-4H3;1-2H3;1-2H3. The van der Waals surface area contributed by atoms with Crippen molar-refractivity contribution < 1.29 is 33.3 Å². The first kappa shape index (κ1) is 43.5. The highest BCUT2D eigenvalue weighted by molar-refractivity contribution is 5.91. The zero-order valence-corrected chi connectivity index (χ0v) is 33.0. The Kier molecular flexibility index (Phi) is 17.2. The number of methoxy groups -OCH3 is 2. The minimum atomic E-state index is -0.354.